The molecule has 4 aliphatic rings. The molecule has 0 saturated heterocycles. The number of hydrogen-bond acceptors (Lipinski definition) is 4. The Labute approximate surface area is 184 Å². The number of rotatable bonds is 5. The van der Waals surface area contributed by atoms with Gasteiger partial charge in [-0.1, -0.05) is 38.2 Å². The van der Waals surface area contributed by atoms with Crippen molar-refractivity contribution < 1.29 is 14.4 Å². The minimum absolute atomic E-state index is 0.0157. The minimum Gasteiger partial charge on any atom is -0.352 e. The van der Waals surface area contributed by atoms with Gasteiger partial charge in [0.05, 0.1) is 13.0 Å². The van der Waals surface area contributed by atoms with E-state index >= 15 is 0 Å². The highest BCUT2D eigenvalue weighted by molar-refractivity contribution is 6.10. The third-order valence-corrected chi connectivity index (χ3v) is 7.16. The topological polar surface area (TPSA) is 82.1 Å². The zero-order valence-corrected chi connectivity index (χ0v) is 18.7. The Hall–Kier alpha value is -2.44. The van der Waals surface area contributed by atoms with Crippen molar-refractivity contribution in [1.29, 1.82) is 0 Å². The van der Waals surface area contributed by atoms with E-state index in [1.165, 1.54) is 0 Å². The number of amides is 3. The third-order valence-electron chi connectivity index (χ3n) is 7.16. The average molecular weight is 427 g/mol. The van der Waals surface area contributed by atoms with Gasteiger partial charge in [0.25, 0.3) is 5.91 Å². The summed E-state index contributed by atoms with van der Waals surface area (Å²) in [5, 5.41) is 3.13. The van der Waals surface area contributed by atoms with Crippen molar-refractivity contribution in [3.63, 3.8) is 0 Å². The lowest BCUT2D eigenvalue weighted by Gasteiger charge is -2.48. The molecule has 168 valence electrons. The van der Waals surface area contributed by atoms with Crippen LogP contribution < -0.4 is 5.32 Å². The molecule has 2 heterocycles. The van der Waals surface area contributed by atoms with Crippen molar-refractivity contribution in [2.45, 2.75) is 95.7 Å². The number of aliphatic imine (C=N–C) groups is 1. The van der Waals surface area contributed by atoms with Crippen LogP contribution in [0.25, 0.3) is 0 Å². The predicted molar refractivity (Wildman–Crippen MR) is 119 cm³/mol. The number of fused-ring (bicyclic) bond motifs is 1. The van der Waals surface area contributed by atoms with Crippen LogP contribution in [0.5, 0.6) is 0 Å². The van der Waals surface area contributed by atoms with E-state index in [2.05, 4.69) is 10.3 Å². The van der Waals surface area contributed by atoms with Crippen molar-refractivity contribution >= 4 is 23.6 Å². The summed E-state index contributed by atoms with van der Waals surface area (Å²) in [6.45, 7) is 3.81. The van der Waals surface area contributed by atoms with Gasteiger partial charge in [0.2, 0.25) is 11.8 Å². The summed E-state index contributed by atoms with van der Waals surface area (Å²) in [6.07, 6.45) is 15.0. The molecule has 0 aromatic heterocycles. The fourth-order valence-corrected chi connectivity index (χ4v) is 5.61. The molecule has 3 amide bonds. The van der Waals surface area contributed by atoms with E-state index < -0.39 is 5.54 Å². The van der Waals surface area contributed by atoms with Gasteiger partial charge in [0.15, 0.2) is 0 Å². The maximum Gasteiger partial charge on any atom is 0.250 e. The first kappa shape index (κ1) is 21.8. The number of allylic oxidation sites excluding steroid dienone is 3. The van der Waals surface area contributed by atoms with Crippen LogP contribution in [0.1, 0.15) is 78.1 Å². The maximum absolute atomic E-state index is 14.1. The first-order valence-electron chi connectivity index (χ1n) is 11.8. The maximum atomic E-state index is 14.1. The predicted octanol–water partition coefficient (Wildman–Crippen LogP) is 3.07. The average Bonchev–Trinajstić information content (AvgIpc) is 3.24. The molecule has 7 heteroatoms. The molecule has 2 aliphatic carbocycles. The van der Waals surface area contributed by atoms with E-state index in [-0.39, 0.29) is 42.8 Å². The highest BCUT2D eigenvalue weighted by Crippen LogP contribution is 2.35. The highest BCUT2D eigenvalue weighted by Gasteiger charge is 2.50. The van der Waals surface area contributed by atoms with Crippen LogP contribution in [0.4, 0.5) is 0 Å². The van der Waals surface area contributed by atoms with E-state index in [0.29, 0.717) is 5.84 Å². The van der Waals surface area contributed by atoms with Crippen LogP contribution in [-0.2, 0) is 14.4 Å². The Morgan fingerprint density at radius 3 is 2.55 bits per heavy atom. The molecule has 4 rings (SSSR count). The van der Waals surface area contributed by atoms with Gasteiger partial charge in [-0.05, 0) is 51.7 Å². The van der Waals surface area contributed by atoms with Gasteiger partial charge in [-0.3, -0.25) is 14.4 Å². The van der Waals surface area contributed by atoms with Gasteiger partial charge >= 0.3 is 0 Å². The zero-order chi connectivity index (χ0) is 22.0. The van der Waals surface area contributed by atoms with E-state index in [4.69, 9.17) is 0 Å². The van der Waals surface area contributed by atoms with E-state index in [9.17, 15) is 14.4 Å². The Bertz CT molecular complexity index is 834. The van der Waals surface area contributed by atoms with Gasteiger partial charge < -0.3 is 15.1 Å². The quantitative estimate of drug-likeness (QED) is 0.732. The van der Waals surface area contributed by atoms with Crippen molar-refractivity contribution in [3.05, 3.63) is 23.9 Å². The van der Waals surface area contributed by atoms with Crippen molar-refractivity contribution in [2.75, 3.05) is 6.54 Å². The molecule has 1 atom stereocenters. The summed E-state index contributed by atoms with van der Waals surface area (Å²) < 4.78 is 0. The van der Waals surface area contributed by atoms with E-state index in [0.717, 1.165) is 63.5 Å². The SMILES string of the molecule is CC1=CC=CC2=NC(=O)C[C@@](C)(C(=O)N(CC(=O)NC3CCCC3)C3CCCCC3)N12. The number of carbonyl (C=O) groups is 3. The van der Waals surface area contributed by atoms with Crippen LogP contribution in [0, 0.1) is 0 Å². The van der Waals surface area contributed by atoms with Gasteiger partial charge in [0, 0.05) is 17.8 Å². The van der Waals surface area contributed by atoms with Gasteiger partial charge in [-0.15, -0.1) is 0 Å². The second kappa shape index (κ2) is 8.97. The molecule has 0 spiro atoms. The van der Waals surface area contributed by atoms with Gasteiger partial charge in [-0.2, -0.15) is 4.99 Å². The fourth-order valence-electron chi connectivity index (χ4n) is 5.61. The standard InChI is InChI=1S/C24H34N4O3/c1-17-9-8-14-20-26-21(29)15-24(2,28(17)20)23(31)27(19-12-4-3-5-13-19)16-22(30)25-18-10-6-7-11-18/h8-9,14,18-19H,3-7,10-13,15-16H2,1-2H3,(H,25,30)/t24-/m0/s1. The van der Waals surface area contributed by atoms with Crippen molar-refractivity contribution in [3.8, 4) is 0 Å². The molecule has 0 bridgehead atoms. The Balaban J connectivity index is 1.60. The van der Waals surface area contributed by atoms with Gasteiger partial charge in [-0.25, -0.2) is 0 Å². The van der Waals surface area contributed by atoms with Crippen LogP contribution in [-0.4, -0.2) is 57.5 Å². The summed E-state index contributed by atoms with van der Waals surface area (Å²) in [5.74, 6) is -0.0208. The molecule has 2 saturated carbocycles. The molecule has 2 aliphatic heterocycles. The monoisotopic (exact) mass is 426 g/mol. The second-order valence-corrected chi connectivity index (χ2v) is 9.59. The van der Waals surface area contributed by atoms with Gasteiger partial charge in [0.1, 0.15) is 11.4 Å². The first-order chi connectivity index (χ1) is 14.9. The van der Waals surface area contributed by atoms with Crippen LogP contribution in [0.2, 0.25) is 0 Å². The lowest BCUT2D eigenvalue weighted by Crippen LogP contribution is -2.64. The van der Waals surface area contributed by atoms with E-state index in [1.807, 2.05) is 30.9 Å². The Morgan fingerprint density at radius 1 is 1.16 bits per heavy atom. The molecule has 0 aromatic carbocycles. The molecule has 31 heavy (non-hydrogen) atoms. The summed E-state index contributed by atoms with van der Waals surface area (Å²) in [4.78, 5) is 47.3. The minimum atomic E-state index is -1.08. The molecular formula is C24H34N4O3. The molecule has 7 nitrogen and oxygen atoms in total. The Kier molecular flexibility index (Phi) is 6.30. The molecule has 1 N–H and O–H groups in total. The number of amidine groups is 1. The Morgan fingerprint density at radius 2 is 1.84 bits per heavy atom. The van der Waals surface area contributed by atoms with E-state index in [1.54, 1.807) is 11.0 Å². The first-order valence-corrected chi connectivity index (χ1v) is 11.8. The fraction of sp³-hybridized carbons (Fsp3) is 0.667. The summed E-state index contributed by atoms with van der Waals surface area (Å²) in [7, 11) is 0. The molecule has 0 unspecified atom stereocenters. The normalized spacial score (nSPS) is 26.9. The second-order valence-electron chi connectivity index (χ2n) is 9.59. The van der Waals surface area contributed by atoms with Crippen LogP contribution in [0.3, 0.4) is 0 Å². The van der Waals surface area contributed by atoms with Crippen LogP contribution >= 0.6 is 0 Å². The molecule has 2 fully saturated rings. The molecule has 0 radical (unpaired) electrons. The molecular weight excluding hydrogens is 392 g/mol. The lowest BCUT2D eigenvalue weighted by atomic mass is 9.87. The van der Waals surface area contributed by atoms with Crippen molar-refractivity contribution in [1.82, 2.24) is 15.1 Å². The number of carbonyl (C=O) groups excluding carboxylic acids is 3. The summed E-state index contributed by atoms with van der Waals surface area (Å²) in [6, 6.07) is 0.258. The van der Waals surface area contributed by atoms with Crippen molar-refractivity contribution in [2.24, 2.45) is 4.99 Å². The third kappa shape index (κ3) is 4.46. The number of nitrogens with zero attached hydrogens (tertiary/aromatic N) is 3. The summed E-state index contributed by atoms with van der Waals surface area (Å²) in [5.41, 5.74) is -0.200. The highest BCUT2D eigenvalue weighted by atomic mass is 16.2. The zero-order valence-electron chi connectivity index (χ0n) is 18.7. The van der Waals surface area contributed by atoms with Crippen LogP contribution in [0.15, 0.2) is 28.9 Å². The molecule has 0 aromatic rings. The smallest absolute Gasteiger partial charge is 0.250 e. The number of hydrogen-bond donors (Lipinski definition) is 1. The number of nitrogens with one attached hydrogen (secondary N) is 1. The largest absolute Gasteiger partial charge is 0.352 e. The summed E-state index contributed by atoms with van der Waals surface area (Å²) >= 11 is 0. The lowest BCUT2D eigenvalue weighted by molar-refractivity contribution is -0.149.